The van der Waals surface area contributed by atoms with Gasteiger partial charge >= 0.3 is 5.97 Å². The first-order chi connectivity index (χ1) is 9.58. The lowest BCUT2D eigenvalue weighted by Gasteiger charge is -2.30. The third-order valence-electron chi connectivity index (χ3n) is 2.83. The topological polar surface area (TPSA) is 80.8 Å². The Labute approximate surface area is 120 Å². The highest BCUT2D eigenvalue weighted by molar-refractivity contribution is 7.13. The molecule has 1 amide bonds. The Balaban J connectivity index is 1.90. The van der Waals surface area contributed by atoms with E-state index < -0.39 is 6.10 Å². The van der Waals surface area contributed by atoms with Gasteiger partial charge in [0.2, 0.25) is 5.91 Å². The Morgan fingerprint density at radius 3 is 3.15 bits per heavy atom. The summed E-state index contributed by atoms with van der Waals surface area (Å²) < 4.78 is 10.0. The van der Waals surface area contributed by atoms with Crippen LogP contribution in [0.1, 0.15) is 12.6 Å². The van der Waals surface area contributed by atoms with E-state index in [1.165, 1.54) is 25.4 Å². The average Bonchev–Trinajstić information content (AvgIpc) is 2.84. The zero-order chi connectivity index (χ0) is 14.5. The van der Waals surface area contributed by atoms with Crippen LogP contribution in [0.15, 0.2) is 5.38 Å². The van der Waals surface area contributed by atoms with E-state index in [2.05, 4.69) is 19.9 Å². The van der Waals surface area contributed by atoms with Gasteiger partial charge in [0.15, 0.2) is 11.2 Å². The predicted molar refractivity (Wildman–Crippen MR) is 73.5 cm³/mol. The van der Waals surface area contributed by atoms with Crippen LogP contribution in [0.5, 0.6) is 0 Å². The summed E-state index contributed by atoms with van der Waals surface area (Å²) in [6.07, 6.45) is -0.540. The number of thiazole rings is 1. The molecule has 1 N–H and O–H groups in total. The molecule has 2 heterocycles. The number of aromatic nitrogens is 1. The lowest BCUT2D eigenvalue weighted by atomic mass is 10.2. The summed E-state index contributed by atoms with van der Waals surface area (Å²) in [4.78, 5) is 28.8. The summed E-state index contributed by atoms with van der Waals surface area (Å²) in [6, 6.07) is 0. The van der Waals surface area contributed by atoms with Crippen LogP contribution in [0.3, 0.4) is 0 Å². The van der Waals surface area contributed by atoms with Gasteiger partial charge in [0.25, 0.3) is 0 Å². The maximum absolute atomic E-state index is 11.5. The van der Waals surface area contributed by atoms with Crippen molar-refractivity contribution in [2.45, 2.75) is 19.6 Å². The van der Waals surface area contributed by atoms with Crippen molar-refractivity contribution < 1.29 is 19.1 Å². The van der Waals surface area contributed by atoms with Crippen molar-refractivity contribution >= 4 is 28.3 Å². The van der Waals surface area contributed by atoms with Crippen molar-refractivity contribution in [2.24, 2.45) is 0 Å². The number of methoxy groups -OCH3 is 1. The molecular weight excluding hydrogens is 282 g/mol. The fourth-order valence-corrected chi connectivity index (χ4v) is 2.68. The van der Waals surface area contributed by atoms with Crippen LogP contribution >= 0.6 is 11.3 Å². The number of esters is 1. The molecule has 1 aromatic rings. The molecule has 0 spiro atoms. The molecule has 1 saturated heterocycles. The highest BCUT2D eigenvalue weighted by atomic mass is 32.1. The SMILES string of the molecule is COC(=O)C1CN(Cc2csc(NC(C)=O)n2)CCO1. The second-order valence-corrected chi connectivity index (χ2v) is 5.30. The second kappa shape index (κ2) is 6.78. The highest BCUT2D eigenvalue weighted by Crippen LogP contribution is 2.18. The van der Waals surface area contributed by atoms with Crippen LogP contribution in [-0.2, 0) is 25.6 Å². The number of hydrogen-bond acceptors (Lipinski definition) is 7. The molecule has 1 aliphatic rings. The molecule has 110 valence electrons. The summed E-state index contributed by atoms with van der Waals surface area (Å²) in [5, 5.41) is 5.13. The number of anilines is 1. The van der Waals surface area contributed by atoms with Crippen molar-refractivity contribution in [3.05, 3.63) is 11.1 Å². The molecule has 0 aromatic carbocycles. The van der Waals surface area contributed by atoms with Gasteiger partial charge in [-0.1, -0.05) is 0 Å². The molecular formula is C12H17N3O4S. The van der Waals surface area contributed by atoms with Gasteiger partial charge in [-0.2, -0.15) is 0 Å². The van der Waals surface area contributed by atoms with Crippen molar-refractivity contribution in [2.75, 3.05) is 32.1 Å². The summed E-state index contributed by atoms with van der Waals surface area (Å²) in [6.45, 7) is 3.78. The zero-order valence-corrected chi connectivity index (χ0v) is 12.2. The Morgan fingerprint density at radius 1 is 1.65 bits per heavy atom. The molecule has 0 saturated carbocycles. The van der Waals surface area contributed by atoms with Crippen molar-refractivity contribution in [3.8, 4) is 0 Å². The molecule has 20 heavy (non-hydrogen) atoms. The van der Waals surface area contributed by atoms with Gasteiger partial charge in [0, 0.05) is 31.9 Å². The van der Waals surface area contributed by atoms with Gasteiger partial charge in [-0.05, 0) is 0 Å². The molecule has 7 nitrogen and oxygen atoms in total. The first kappa shape index (κ1) is 14.9. The van der Waals surface area contributed by atoms with E-state index in [4.69, 9.17) is 4.74 Å². The molecule has 1 fully saturated rings. The summed E-state index contributed by atoms with van der Waals surface area (Å²) >= 11 is 1.39. The largest absolute Gasteiger partial charge is 0.467 e. The molecule has 1 atom stereocenters. The van der Waals surface area contributed by atoms with E-state index in [0.29, 0.717) is 24.8 Å². The summed E-state index contributed by atoms with van der Waals surface area (Å²) in [5.41, 5.74) is 0.865. The van der Waals surface area contributed by atoms with Gasteiger partial charge < -0.3 is 14.8 Å². The molecule has 0 bridgehead atoms. The van der Waals surface area contributed by atoms with E-state index >= 15 is 0 Å². The van der Waals surface area contributed by atoms with Gasteiger partial charge in [0.1, 0.15) is 0 Å². The molecule has 0 aliphatic carbocycles. The number of carbonyl (C=O) groups excluding carboxylic acids is 2. The van der Waals surface area contributed by atoms with E-state index in [0.717, 1.165) is 12.2 Å². The lowest BCUT2D eigenvalue weighted by molar-refractivity contribution is -0.160. The van der Waals surface area contributed by atoms with E-state index in [-0.39, 0.29) is 11.9 Å². The molecule has 0 radical (unpaired) electrons. The molecule has 1 aliphatic heterocycles. The van der Waals surface area contributed by atoms with Crippen LogP contribution in [0.25, 0.3) is 0 Å². The summed E-state index contributed by atoms with van der Waals surface area (Å²) in [7, 11) is 1.35. The second-order valence-electron chi connectivity index (χ2n) is 4.44. The van der Waals surface area contributed by atoms with Crippen LogP contribution in [0.4, 0.5) is 5.13 Å². The molecule has 8 heteroatoms. The normalized spacial score (nSPS) is 19.6. The average molecular weight is 299 g/mol. The van der Waals surface area contributed by atoms with Crippen LogP contribution in [-0.4, -0.2) is 54.7 Å². The number of morpholine rings is 1. The van der Waals surface area contributed by atoms with E-state index in [1.54, 1.807) is 0 Å². The van der Waals surface area contributed by atoms with Crippen LogP contribution in [0.2, 0.25) is 0 Å². The van der Waals surface area contributed by atoms with Gasteiger partial charge in [-0.3, -0.25) is 9.69 Å². The fourth-order valence-electron chi connectivity index (χ4n) is 1.94. The van der Waals surface area contributed by atoms with Crippen molar-refractivity contribution in [1.29, 1.82) is 0 Å². The standard InChI is InChI=1S/C12H17N3O4S/c1-8(16)13-12-14-9(7-20-12)5-15-3-4-19-10(6-15)11(17)18-2/h7,10H,3-6H2,1-2H3,(H,13,14,16). The molecule has 1 aromatic heterocycles. The lowest BCUT2D eigenvalue weighted by Crippen LogP contribution is -2.46. The maximum Gasteiger partial charge on any atom is 0.336 e. The van der Waals surface area contributed by atoms with Gasteiger partial charge in [0.05, 0.1) is 19.4 Å². The number of amides is 1. The number of ether oxygens (including phenoxy) is 2. The van der Waals surface area contributed by atoms with Gasteiger partial charge in [-0.15, -0.1) is 11.3 Å². The third-order valence-corrected chi connectivity index (χ3v) is 3.64. The van der Waals surface area contributed by atoms with Crippen molar-refractivity contribution in [1.82, 2.24) is 9.88 Å². The maximum atomic E-state index is 11.5. The van der Waals surface area contributed by atoms with Gasteiger partial charge in [-0.25, -0.2) is 9.78 Å². The van der Waals surface area contributed by atoms with Crippen molar-refractivity contribution in [3.63, 3.8) is 0 Å². The predicted octanol–water partition coefficient (Wildman–Crippen LogP) is 0.475. The first-order valence-corrected chi connectivity index (χ1v) is 7.10. The fraction of sp³-hybridized carbons (Fsp3) is 0.583. The number of carbonyl (C=O) groups is 2. The van der Waals surface area contributed by atoms with Crippen LogP contribution in [0, 0.1) is 0 Å². The Bertz CT molecular complexity index is 491. The van der Waals surface area contributed by atoms with E-state index in [9.17, 15) is 9.59 Å². The first-order valence-electron chi connectivity index (χ1n) is 6.22. The minimum atomic E-state index is -0.540. The Hall–Kier alpha value is -1.51. The number of nitrogens with zero attached hydrogens (tertiary/aromatic N) is 2. The van der Waals surface area contributed by atoms with E-state index in [1.807, 2.05) is 5.38 Å². The minimum Gasteiger partial charge on any atom is -0.467 e. The smallest absolute Gasteiger partial charge is 0.336 e. The summed E-state index contributed by atoms with van der Waals surface area (Å²) in [5.74, 6) is -0.491. The molecule has 2 rings (SSSR count). The monoisotopic (exact) mass is 299 g/mol. The molecule has 1 unspecified atom stereocenters. The number of rotatable bonds is 4. The minimum absolute atomic E-state index is 0.136. The Kier molecular flexibility index (Phi) is 5.05. The number of nitrogens with one attached hydrogen (secondary N) is 1. The quantitative estimate of drug-likeness (QED) is 0.814. The Morgan fingerprint density at radius 2 is 2.45 bits per heavy atom. The zero-order valence-electron chi connectivity index (χ0n) is 11.4. The highest BCUT2D eigenvalue weighted by Gasteiger charge is 2.27. The third kappa shape index (κ3) is 3.99. The number of hydrogen-bond donors (Lipinski definition) is 1. The van der Waals surface area contributed by atoms with Crippen LogP contribution < -0.4 is 5.32 Å².